The molecule has 0 unspecified atom stereocenters. The molecule has 0 spiro atoms. The smallest absolute Gasteiger partial charge is 0.262 e. The molecule has 0 atom stereocenters. The monoisotopic (exact) mass is 271 g/mol. The molecular formula is C12H17NO2S2. The molecule has 1 aromatic heterocycles. The summed E-state index contributed by atoms with van der Waals surface area (Å²) in [7, 11) is 0. The number of thioether (sulfide) groups is 1. The Balaban J connectivity index is 1.93. The molecule has 1 aliphatic carbocycles. The lowest BCUT2D eigenvalue weighted by molar-refractivity contribution is 0.0450. The Hall–Kier alpha value is -0.520. The molecule has 1 aliphatic rings. The van der Waals surface area contributed by atoms with Gasteiger partial charge in [0.15, 0.2) is 0 Å². The summed E-state index contributed by atoms with van der Waals surface area (Å²) in [5, 5.41) is 14.9. The zero-order valence-corrected chi connectivity index (χ0v) is 11.5. The third-order valence-corrected chi connectivity index (χ3v) is 4.99. The van der Waals surface area contributed by atoms with Gasteiger partial charge in [-0.05, 0) is 30.5 Å². The zero-order chi connectivity index (χ0) is 12.3. The Morgan fingerprint density at radius 3 is 2.94 bits per heavy atom. The third-order valence-electron chi connectivity index (χ3n) is 3.17. The van der Waals surface area contributed by atoms with E-state index >= 15 is 0 Å². The fourth-order valence-electron chi connectivity index (χ4n) is 2.16. The Morgan fingerprint density at radius 1 is 1.59 bits per heavy atom. The standard InChI is InChI=1S/C12H17NO2S2/c1-16-9-4-7-17-10(9)11(14)13-8-12(15)5-2-3-6-12/h4,7,15H,2-3,5-6,8H2,1H3,(H,13,14). The first-order chi connectivity index (χ1) is 8.14. The highest BCUT2D eigenvalue weighted by atomic mass is 32.2. The normalized spacial score (nSPS) is 18.2. The molecule has 2 rings (SSSR count). The lowest BCUT2D eigenvalue weighted by Gasteiger charge is -2.22. The van der Waals surface area contributed by atoms with E-state index in [-0.39, 0.29) is 5.91 Å². The second kappa shape index (κ2) is 5.42. The summed E-state index contributed by atoms with van der Waals surface area (Å²) in [4.78, 5) is 13.7. The molecule has 0 bridgehead atoms. The van der Waals surface area contributed by atoms with E-state index < -0.39 is 5.60 Å². The molecule has 3 nitrogen and oxygen atoms in total. The summed E-state index contributed by atoms with van der Waals surface area (Å²) < 4.78 is 0. The van der Waals surface area contributed by atoms with Crippen LogP contribution in [-0.2, 0) is 0 Å². The highest BCUT2D eigenvalue weighted by Crippen LogP contribution is 2.29. The van der Waals surface area contributed by atoms with Gasteiger partial charge in [-0.1, -0.05) is 12.8 Å². The summed E-state index contributed by atoms with van der Waals surface area (Å²) in [6.45, 7) is 0.373. The SMILES string of the molecule is CSc1ccsc1C(=O)NCC1(O)CCCC1. The van der Waals surface area contributed by atoms with Crippen LogP contribution in [0.2, 0.25) is 0 Å². The van der Waals surface area contributed by atoms with Crippen LogP contribution >= 0.6 is 23.1 Å². The van der Waals surface area contributed by atoms with Crippen molar-refractivity contribution in [3.63, 3.8) is 0 Å². The molecule has 1 amide bonds. The Morgan fingerprint density at radius 2 is 2.29 bits per heavy atom. The summed E-state index contributed by atoms with van der Waals surface area (Å²) in [5.41, 5.74) is -0.674. The molecule has 5 heteroatoms. The number of hydrogen-bond donors (Lipinski definition) is 2. The van der Waals surface area contributed by atoms with Crippen LogP contribution in [0.4, 0.5) is 0 Å². The molecule has 17 heavy (non-hydrogen) atoms. The minimum absolute atomic E-state index is 0.0651. The summed E-state index contributed by atoms with van der Waals surface area (Å²) in [6, 6.07) is 1.95. The van der Waals surface area contributed by atoms with Gasteiger partial charge in [0.1, 0.15) is 4.88 Å². The van der Waals surface area contributed by atoms with E-state index in [9.17, 15) is 9.90 Å². The van der Waals surface area contributed by atoms with Crippen LogP contribution in [0, 0.1) is 0 Å². The van der Waals surface area contributed by atoms with Crippen molar-refractivity contribution in [2.24, 2.45) is 0 Å². The highest BCUT2D eigenvalue weighted by molar-refractivity contribution is 7.98. The summed E-state index contributed by atoms with van der Waals surface area (Å²) >= 11 is 3.02. The molecule has 0 aromatic carbocycles. The molecule has 1 aromatic rings. The minimum Gasteiger partial charge on any atom is -0.388 e. The molecule has 1 saturated carbocycles. The molecule has 1 fully saturated rings. The van der Waals surface area contributed by atoms with Crippen molar-refractivity contribution in [3.05, 3.63) is 16.3 Å². The van der Waals surface area contributed by atoms with Crippen LogP contribution in [0.5, 0.6) is 0 Å². The Kier molecular flexibility index (Phi) is 4.12. The number of carbonyl (C=O) groups excluding carboxylic acids is 1. The average Bonchev–Trinajstić information content (AvgIpc) is 2.95. The highest BCUT2D eigenvalue weighted by Gasteiger charge is 2.31. The molecule has 0 radical (unpaired) electrons. The van der Waals surface area contributed by atoms with Crippen LogP contribution in [-0.4, -0.2) is 29.4 Å². The average molecular weight is 271 g/mol. The van der Waals surface area contributed by atoms with Crippen LogP contribution in [0.1, 0.15) is 35.4 Å². The van der Waals surface area contributed by atoms with E-state index in [1.54, 1.807) is 11.8 Å². The molecule has 2 N–H and O–H groups in total. The van der Waals surface area contributed by atoms with Crippen molar-refractivity contribution in [2.45, 2.75) is 36.2 Å². The lowest BCUT2D eigenvalue weighted by Crippen LogP contribution is -2.40. The Labute approximate surface area is 110 Å². The van der Waals surface area contributed by atoms with Gasteiger partial charge in [-0.25, -0.2) is 0 Å². The van der Waals surface area contributed by atoms with Crippen LogP contribution in [0.15, 0.2) is 16.3 Å². The maximum Gasteiger partial charge on any atom is 0.262 e. The van der Waals surface area contributed by atoms with Gasteiger partial charge >= 0.3 is 0 Å². The number of thiophene rings is 1. The van der Waals surface area contributed by atoms with Crippen molar-refractivity contribution in [1.82, 2.24) is 5.32 Å². The van der Waals surface area contributed by atoms with Gasteiger partial charge in [0.05, 0.1) is 5.60 Å². The predicted molar refractivity (Wildman–Crippen MR) is 71.9 cm³/mol. The maximum absolute atomic E-state index is 12.0. The molecule has 94 valence electrons. The second-order valence-electron chi connectivity index (χ2n) is 4.43. The number of rotatable bonds is 4. The molecule has 0 saturated heterocycles. The predicted octanol–water partition coefficient (Wildman–Crippen LogP) is 2.50. The van der Waals surface area contributed by atoms with E-state index in [0.717, 1.165) is 35.5 Å². The lowest BCUT2D eigenvalue weighted by atomic mass is 10.0. The van der Waals surface area contributed by atoms with Gasteiger partial charge in [-0.3, -0.25) is 4.79 Å². The maximum atomic E-state index is 12.0. The van der Waals surface area contributed by atoms with E-state index in [0.29, 0.717) is 6.54 Å². The van der Waals surface area contributed by atoms with Gasteiger partial charge in [0.2, 0.25) is 0 Å². The minimum atomic E-state index is -0.674. The van der Waals surface area contributed by atoms with Gasteiger partial charge in [-0.15, -0.1) is 23.1 Å². The number of carbonyl (C=O) groups is 1. The van der Waals surface area contributed by atoms with E-state index in [4.69, 9.17) is 0 Å². The first-order valence-corrected chi connectivity index (χ1v) is 7.87. The van der Waals surface area contributed by atoms with Crippen LogP contribution < -0.4 is 5.32 Å². The van der Waals surface area contributed by atoms with Gasteiger partial charge in [-0.2, -0.15) is 0 Å². The summed E-state index contributed by atoms with van der Waals surface area (Å²) in [6.07, 6.45) is 5.67. The number of hydrogen-bond acceptors (Lipinski definition) is 4. The largest absolute Gasteiger partial charge is 0.388 e. The molecule has 0 aliphatic heterocycles. The first kappa shape index (κ1) is 12.9. The van der Waals surface area contributed by atoms with Gasteiger partial charge < -0.3 is 10.4 Å². The topological polar surface area (TPSA) is 49.3 Å². The van der Waals surface area contributed by atoms with E-state index in [1.165, 1.54) is 11.3 Å². The molecule has 1 heterocycles. The van der Waals surface area contributed by atoms with E-state index in [1.807, 2.05) is 17.7 Å². The first-order valence-electron chi connectivity index (χ1n) is 5.77. The quantitative estimate of drug-likeness (QED) is 0.827. The zero-order valence-electron chi connectivity index (χ0n) is 9.86. The van der Waals surface area contributed by atoms with Crippen molar-refractivity contribution in [2.75, 3.05) is 12.8 Å². The van der Waals surface area contributed by atoms with Crippen LogP contribution in [0.25, 0.3) is 0 Å². The van der Waals surface area contributed by atoms with Gasteiger partial charge in [0, 0.05) is 11.4 Å². The van der Waals surface area contributed by atoms with Crippen molar-refractivity contribution >= 4 is 29.0 Å². The number of nitrogens with one attached hydrogen (secondary N) is 1. The third kappa shape index (κ3) is 3.03. The van der Waals surface area contributed by atoms with Crippen molar-refractivity contribution in [1.29, 1.82) is 0 Å². The fraction of sp³-hybridized carbons (Fsp3) is 0.583. The second-order valence-corrected chi connectivity index (χ2v) is 6.20. The van der Waals surface area contributed by atoms with Gasteiger partial charge in [0.25, 0.3) is 5.91 Å². The van der Waals surface area contributed by atoms with Crippen molar-refractivity contribution in [3.8, 4) is 0 Å². The van der Waals surface area contributed by atoms with E-state index in [2.05, 4.69) is 5.32 Å². The molecular weight excluding hydrogens is 254 g/mol. The fourth-order valence-corrected chi connectivity index (χ4v) is 3.83. The number of aliphatic hydroxyl groups is 1. The summed E-state index contributed by atoms with van der Waals surface area (Å²) in [5.74, 6) is -0.0651. The van der Waals surface area contributed by atoms with Crippen molar-refractivity contribution < 1.29 is 9.90 Å². The number of amides is 1. The Bertz CT molecular complexity index is 397. The van der Waals surface area contributed by atoms with Crippen LogP contribution in [0.3, 0.4) is 0 Å².